The average Bonchev–Trinajstić information content (AvgIpc) is 3.81. The lowest BCUT2D eigenvalue weighted by atomic mass is 9.78. The van der Waals surface area contributed by atoms with Crippen LogP contribution in [-0.2, 0) is 28.9 Å². The number of rotatable bonds is 3. The van der Waals surface area contributed by atoms with Crippen LogP contribution in [0.2, 0.25) is 0 Å². The van der Waals surface area contributed by atoms with E-state index >= 15 is 0 Å². The fourth-order valence-corrected chi connectivity index (χ4v) is 9.36. The molecule has 4 fully saturated rings. The van der Waals surface area contributed by atoms with Crippen LogP contribution in [0, 0.1) is 10.8 Å². The van der Waals surface area contributed by atoms with Crippen molar-refractivity contribution in [1.29, 1.82) is 0 Å². The Morgan fingerprint density at radius 1 is 0.684 bits per heavy atom. The second kappa shape index (κ2) is 18.4. The van der Waals surface area contributed by atoms with Gasteiger partial charge >= 0.3 is 12.2 Å². The molecule has 0 unspecified atom stereocenters. The van der Waals surface area contributed by atoms with Crippen LogP contribution in [0.4, 0.5) is 21.0 Å². The molecule has 3 N–H and O–H groups in total. The number of fused-ring (bicyclic) bond motifs is 2. The lowest BCUT2D eigenvalue weighted by Gasteiger charge is -2.39. The van der Waals surface area contributed by atoms with Gasteiger partial charge in [-0.15, -0.1) is 0 Å². The highest BCUT2D eigenvalue weighted by Crippen LogP contribution is 2.42. The summed E-state index contributed by atoms with van der Waals surface area (Å²) in [6.45, 7) is 22.6. The predicted molar refractivity (Wildman–Crippen MR) is 228 cm³/mol. The molecule has 0 aromatic heterocycles. The number of anilines is 2. The molecule has 57 heavy (non-hydrogen) atoms. The highest BCUT2D eigenvalue weighted by Gasteiger charge is 2.42. The topological polar surface area (TPSA) is 115 Å². The molecule has 6 aliphatic heterocycles. The number of carbonyl (C=O) groups excluding carboxylic acids is 3. The fraction of sp³-hybridized carbons (Fsp3) is 0.674. The Labute approximate surface area is 342 Å². The Kier molecular flexibility index (Phi) is 13.8. The van der Waals surface area contributed by atoms with Gasteiger partial charge < -0.3 is 35.2 Å². The number of carbonyl (C=O) groups is 3. The number of hydrogen-bond donors (Lipinski definition) is 3. The van der Waals surface area contributed by atoms with Crippen LogP contribution in [0.1, 0.15) is 120 Å². The summed E-state index contributed by atoms with van der Waals surface area (Å²) in [5, 5.41) is 10.3. The second-order valence-electron chi connectivity index (χ2n) is 19.3. The second-order valence-corrected chi connectivity index (χ2v) is 19.3. The third-order valence-electron chi connectivity index (χ3n) is 12.6. The van der Waals surface area contributed by atoms with Gasteiger partial charge in [-0.1, -0.05) is 30.3 Å². The lowest BCUT2D eigenvalue weighted by molar-refractivity contribution is 0.0103. The molecule has 2 aromatic carbocycles. The zero-order valence-corrected chi connectivity index (χ0v) is 35.8. The highest BCUT2D eigenvalue weighted by molar-refractivity contribution is 5.85. The predicted octanol–water partition coefficient (Wildman–Crippen LogP) is 8.12. The molecule has 8 rings (SSSR count). The highest BCUT2D eigenvalue weighted by atomic mass is 16.6. The maximum atomic E-state index is 12.3. The standard InChI is InChI=1S/C23H35N3O2.C13H24N2O2.C10H11NO/c1-22(2,3)28-21(27)26-14-10-23(11-15-26)9-13-25(17-23)16-19-7-4-6-18-8-5-12-24-20(18)19;1-12(2,3)17-11(16)15-8-5-13(6-9-15)4-7-14-10-13;12-7-9-4-1-3-8-5-2-6-11-10(8)9/h4,6-7,24H,5,8-17H2,1-3H3;14H,4-10H2,1-3H3;1,3-4,7,11H,2,5-6H2. The molecule has 0 atom stereocenters. The van der Waals surface area contributed by atoms with E-state index in [4.69, 9.17) is 9.47 Å². The minimum absolute atomic E-state index is 0.154. The van der Waals surface area contributed by atoms with Gasteiger partial charge in [0.25, 0.3) is 0 Å². The van der Waals surface area contributed by atoms with Crippen molar-refractivity contribution in [2.75, 3.05) is 76.1 Å². The first-order chi connectivity index (χ1) is 27.2. The van der Waals surface area contributed by atoms with Crippen LogP contribution in [-0.4, -0.2) is 110 Å². The van der Waals surface area contributed by atoms with Crippen LogP contribution < -0.4 is 16.0 Å². The minimum Gasteiger partial charge on any atom is -0.444 e. The summed E-state index contributed by atoms with van der Waals surface area (Å²) >= 11 is 0. The normalized spacial score (nSPS) is 21.1. The first kappa shape index (κ1) is 42.8. The number of piperidine rings is 2. The summed E-state index contributed by atoms with van der Waals surface area (Å²) in [6, 6.07) is 12.6. The summed E-state index contributed by atoms with van der Waals surface area (Å²) in [7, 11) is 0. The van der Waals surface area contributed by atoms with E-state index in [0.29, 0.717) is 10.8 Å². The molecule has 0 bridgehead atoms. The maximum absolute atomic E-state index is 12.3. The van der Waals surface area contributed by atoms with Gasteiger partial charge in [-0.05, 0) is 152 Å². The van der Waals surface area contributed by atoms with Crippen molar-refractivity contribution in [3.05, 3.63) is 58.7 Å². The number of aldehydes is 1. The molecule has 6 aliphatic rings. The van der Waals surface area contributed by atoms with Gasteiger partial charge in [0.15, 0.2) is 6.29 Å². The van der Waals surface area contributed by atoms with E-state index in [1.807, 2.05) is 63.5 Å². The summed E-state index contributed by atoms with van der Waals surface area (Å²) in [5.41, 5.74) is 7.43. The number of amides is 2. The van der Waals surface area contributed by atoms with Crippen LogP contribution in [0.15, 0.2) is 36.4 Å². The molecule has 0 saturated carbocycles. The van der Waals surface area contributed by atoms with E-state index in [0.717, 1.165) is 128 Å². The third kappa shape index (κ3) is 11.6. The van der Waals surface area contributed by atoms with E-state index < -0.39 is 5.60 Å². The zero-order chi connectivity index (χ0) is 40.7. The molecule has 2 spiro atoms. The smallest absolute Gasteiger partial charge is 0.410 e. The summed E-state index contributed by atoms with van der Waals surface area (Å²) < 4.78 is 11.0. The minimum atomic E-state index is -0.417. The molecule has 4 saturated heterocycles. The molecule has 2 amide bonds. The molecule has 11 heteroatoms. The maximum Gasteiger partial charge on any atom is 0.410 e. The number of nitrogens with zero attached hydrogens (tertiary/aromatic N) is 3. The van der Waals surface area contributed by atoms with Gasteiger partial charge in [-0.3, -0.25) is 9.69 Å². The van der Waals surface area contributed by atoms with E-state index in [1.165, 1.54) is 48.1 Å². The summed E-state index contributed by atoms with van der Waals surface area (Å²) in [5.74, 6) is 0. The van der Waals surface area contributed by atoms with E-state index in [9.17, 15) is 14.4 Å². The van der Waals surface area contributed by atoms with Crippen LogP contribution in [0.25, 0.3) is 0 Å². The Bertz CT molecular complexity index is 1670. The van der Waals surface area contributed by atoms with E-state index in [-0.39, 0.29) is 17.8 Å². The monoisotopic (exact) mass is 787 g/mol. The number of nitrogens with one attached hydrogen (secondary N) is 3. The van der Waals surface area contributed by atoms with Crippen molar-refractivity contribution in [3.63, 3.8) is 0 Å². The largest absolute Gasteiger partial charge is 0.444 e. The van der Waals surface area contributed by atoms with Crippen molar-refractivity contribution < 1.29 is 23.9 Å². The van der Waals surface area contributed by atoms with Crippen molar-refractivity contribution in [2.45, 2.75) is 123 Å². The Morgan fingerprint density at radius 3 is 1.75 bits per heavy atom. The number of hydrogen-bond acceptors (Lipinski definition) is 9. The quantitative estimate of drug-likeness (QED) is 0.266. The Hall–Kier alpha value is -3.83. The Balaban J connectivity index is 0.000000160. The van der Waals surface area contributed by atoms with Crippen molar-refractivity contribution >= 4 is 29.8 Å². The zero-order valence-electron chi connectivity index (χ0n) is 35.8. The number of benzene rings is 2. The molecular weight excluding hydrogens is 717 g/mol. The molecule has 2 aromatic rings. The number of aryl methyl sites for hydroxylation is 2. The summed E-state index contributed by atoms with van der Waals surface area (Å²) in [4.78, 5) is 41.3. The SMILES string of the molecule is CC(C)(C)OC(=O)N1CCC2(CCN(Cc3cccc4c3NCCC4)C2)CC1.CC(C)(C)OC(=O)N1CCC2(CCNC2)CC1.O=Cc1cccc2c1NCCC2. The Morgan fingerprint density at radius 2 is 1.21 bits per heavy atom. The van der Waals surface area contributed by atoms with Crippen LogP contribution >= 0.6 is 0 Å². The first-order valence-corrected chi connectivity index (χ1v) is 21.7. The van der Waals surface area contributed by atoms with Gasteiger partial charge in [0.1, 0.15) is 11.2 Å². The average molecular weight is 787 g/mol. The van der Waals surface area contributed by atoms with Gasteiger partial charge in [-0.25, -0.2) is 9.59 Å². The molecule has 0 radical (unpaired) electrons. The van der Waals surface area contributed by atoms with Crippen LogP contribution in [0.5, 0.6) is 0 Å². The van der Waals surface area contributed by atoms with Crippen molar-refractivity contribution in [1.82, 2.24) is 20.0 Å². The van der Waals surface area contributed by atoms with Gasteiger partial charge in [0, 0.05) is 75.8 Å². The molecular formula is C46H70N6O5. The molecule has 314 valence electrons. The van der Waals surface area contributed by atoms with Gasteiger partial charge in [-0.2, -0.15) is 0 Å². The molecule has 11 nitrogen and oxygen atoms in total. The summed E-state index contributed by atoms with van der Waals surface area (Å²) in [6.07, 6.45) is 12.2. The third-order valence-corrected chi connectivity index (χ3v) is 12.6. The van der Waals surface area contributed by atoms with Crippen LogP contribution in [0.3, 0.4) is 0 Å². The molecule has 6 heterocycles. The fourth-order valence-electron chi connectivity index (χ4n) is 9.36. The lowest BCUT2D eigenvalue weighted by Crippen LogP contribution is -2.46. The first-order valence-electron chi connectivity index (χ1n) is 21.7. The van der Waals surface area contributed by atoms with E-state index in [2.05, 4.69) is 45.1 Å². The number of para-hydroxylation sites is 2. The van der Waals surface area contributed by atoms with Gasteiger partial charge in [0.05, 0.1) is 0 Å². The molecule has 0 aliphatic carbocycles. The number of likely N-dealkylation sites (tertiary alicyclic amines) is 3. The van der Waals surface area contributed by atoms with Crippen molar-refractivity contribution in [3.8, 4) is 0 Å². The van der Waals surface area contributed by atoms with E-state index in [1.54, 1.807) is 0 Å². The van der Waals surface area contributed by atoms with Gasteiger partial charge in [0.2, 0.25) is 0 Å². The number of ether oxygens (including phenoxy) is 2. The van der Waals surface area contributed by atoms with Crippen molar-refractivity contribution in [2.24, 2.45) is 10.8 Å².